The predicted octanol–water partition coefficient (Wildman–Crippen LogP) is 1.24. The Balaban J connectivity index is 1.67. The number of sulfone groups is 1. The number of rotatable bonds is 7. The molecule has 2 heterocycles. The van der Waals surface area contributed by atoms with Gasteiger partial charge in [-0.15, -0.1) is 5.10 Å². The van der Waals surface area contributed by atoms with Gasteiger partial charge < -0.3 is 4.90 Å². The average Bonchev–Trinajstić information content (AvgIpc) is 3.22. The Hall–Kier alpha value is -1.94. The number of tetrazole rings is 1. The Morgan fingerprint density at radius 1 is 1.37 bits per heavy atom. The molecule has 0 radical (unpaired) electrons. The zero-order valence-corrected chi connectivity index (χ0v) is 17.0. The quantitative estimate of drug-likeness (QED) is 0.635. The summed E-state index contributed by atoms with van der Waals surface area (Å²) in [5.41, 5.74) is 1.07. The van der Waals surface area contributed by atoms with Gasteiger partial charge in [0.05, 0.1) is 23.3 Å². The van der Waals surface area contributed by atoms with Crippen molar-refractivity contribution in [2.75, 3.05) is 18.1 Å². The predicted molar refractivity (Wildman–Crippen MR) is 103 cm³/mol. The molecule has 2 aromatic rings. The molecule has 27 heavy (non-hydrogen) atoms. The second-order valence-corrected chi connectivity index (χ2v) is 10.1. The number of hydrogen-bond acceptors (Lipinski definition) is 7. The summed E-state index contributed by atoms with van der Waals surface area (Å²) in [4.78, 5) is 14.6. The van der Waals surface area contributed by atoms with Crippen LogP contribution in [0.3, 0.4) is 0 Å². The molecule has 8 nitrogen and oxygen atoms in total. The van der Waals surface area contributed by atoms with Crippen LogP contribution in [0.25, 0.3) is 0 Å². The summed E-state index contributed by atoms with van der Waals surface area (Å²) in [5, 5.41) is 11.9. The lowest BCUT2D eigenvalue weighted by Gasteiger charge is -2.29. The Labute approximate surface area is 163 Å². The van der Waals surface area contributed by atoms with E-state index in [-0.39, 0.29) is 23.5 Å². The molecular formula is C17H23N5O3S2. The van der Waals surface area contributed by atoms with E-state index in [0.29, 0.717) is 24.7 Å². The van der Waals surface area contributed by atoms with E-state index in [9.17, 15) is 13.2 Å². The minimum absolute atomic E-state index is 0.0513. The molecule has 1 aromatic heterocycles. The topological polar surface area (TPSA) is 98.1 Å². The van der Waals surface area contributed by atoms with Crippen LogP contribution in [0.4, 0.5) is 0 Å². The minimum atomic E-state index is -3.04. The Morgan fingerprint density at radius 3 is 2.74 bits per heavy atom. The van der Waals surface area contributed by atoms with E-state index in [4.69, 9.17) is 0 Å². The monoisotopic (exact) mass is 409 g/mol. The molecule has 1 aliphatic heterocycles. The van der Waals surface area contributed by atoms with Crippen molar-refractivity contribution < 1.29 is 13.2 Å². The zero-order chi connectivity index (χ0) is 19.4. The van der Waals surface area contributed by atoms with Crippen LogP contribution in [0, 0.1) is 0 Å². The van der Waals surface area contributed by atoms with Gasteiger partial charge in [0.25, 0.3) is 0 Å². The van der Waals surface area contributed by atoms with E-state index >= 15 is 0 Å². The van der Waals surface area contributed by atoms with Crippen LogP contribution in [0.15, 0.2) is 35.5 Å². The molecule has 1 aromatic carbocycles. The molecule has 1 fully saturated rings. The van der Waals surface area contributed by atoms with Crippen LogP contribution in [0.1, 0.15) is 25.8 Å². The lowest BCUT2D eigenvalue weighted by Crippen LogP contribution is -2.44. The van der Waals surface area contributed by atoms with Gasteiger partial charge >= 0.3 is 0 Å². The number of carbonyl (C=O) groups excluding carboxylic acids is 1. The SMILES string of the molecule is CCN(C(=O)[C@@H](C)Sc1nnnn1Cc1ccccc1)[C@H]1CCS(=O)(=O)C1. The lowest BCUT2D eigenvalue weighted by molar-refractivity contribution is -0.131. The van der Waals surface area contributed by atoms with E-state index in [2.05, 4.69) is 15.5 Å². The number of aromatic nitrogens is 4. The minimum Gasteiger partial charge on any atom is -0.338 e. The van der Waals surface area contributed by atoms with E-state index < -0.39 is 15.1 Å². The van der Waals surface area contributed by atoms with Gasteiger partial charge in [0.2, 0.25) is 11.1 Å². The largest absolute Gasteiger partial charge is 0.338 e. The first kappa shape index (κ1) is 19.8. The highest BCUT2D eigenvalue weighted by atomic mass is 32.2. The maximum Gasteiger partial charge on any atom is 0.236 e. The van der Waals surface area contributed by atoms with E-state index in [0.717, 1.165) is 5.56 Å². The Bertz CT molecular complexity index is 885. The zero-order valence-electron chi connectivity index (χ0n) is 15.4. The molecule has 0 unspecified atom stereocenters. The first-order valence-electron chi connectivity index (χ1n) is 8.87. The van der Waals surface area contributed by atoms with Crippen molar-refractivity contribution in [3.05, 3.63) is 35.9 Å². The normalized spacial score (nSPS) is 19.7. The van der Waals surface area contributed by atoms with Crippen LogP contribution in [0.2, 0.25) is 0 Å². The maximum atomic E-state index is 12.9. The standard InChI is InChI=1S/C17H23N5O3S2/c1-3-21(15-9-10-27(24,25)12-15)16(23)13(2)26-17-18-19-20-22(17)11-14-7-5-4-6-8-14/h4-8,13,15H,3,9-12H2,1-2H3/t13-,15+/m1/s1. The summed E-state index contributed by atoms with van der Waals surface area (Å²) in [6.45, 7) is 4.69. The molecule has 0 spiro atoms. The fourth-order valence-corrected chi connectivity index (χ4v) is 5.78. The van der Waals surface area contributed by atoms with E-state index in [1.54, 1.807) is 16.5 Å². The van der Waals surface area contributed by atoms with Crippen LogP contribution < -0.4 is 0 Å². The van der Waals surface area contributed by atoms with Crippen molar-refractivity contribution >= 4 is 27.5 Å². The number of benzene rings is 1. The van der Waals surface area contributed by atoms with Gasteiger partial charge in [0.1, 0.15) is 0 Å². The summed E-state index contributed by atoms with van der Waals surface area (Å²) < 4.78 is 25.2. The number of thioether (sulfide) groups is 1. The third kappa shape index (κ3) is 4.86. The van der Waals surface area contributed by atoms with Gasteiger partial charge in [-0.2, -0.15) is 0 Å². The van der Waals surface area contributed by atoms with E-state index in [1.165, 1.54) is 11.8 Å². The van der Waals surface area contributed by atoms with Gasteiger partial charge in [-0.3, -0.25) is 4.79 Å². The summed E-state index contributed by atoms with van der Waals surface area (Å²) in [7, 11) is -3.04. The highest BCUT2D eigenvalue weighted by molar-refractivity contribution is 8.00. The maximum absolute atomic E-state index is 12.9. The van der Waals surface area contributed by atoms with Gasteiger partial charge in [-0.1, -0.05) is 42.1 Å². The molecule has 3 rings (SSSR count). The molecule has 1 amide bonds. The number of carbonyl (C=O) groups is 1. The van der Waals surface area contributed by atoms with Crippen molar-refractivity contribution in [1.29, 1.82) is 0 Å². The van der Waals surface area contributed by atoms with Crippen molar-refractivity contribution in [2.24, 2.45) is 0 Å². The van der Waals surface area contributed by atoms with Gasteiger partial charge in [0.15, 0.2) is 9.84 Å². The van der Waals surface area contributed by atoms with Crippen molar-refractivity contribution in [3.8, 4) is 0 Å². The smallest absolute Gasteiger partial charge is 0.236 e. The second-order valence-electron chi connectivity index (χ2n) is 6.55. The fraction of sp³-hybridized carbons (Fsp3) is 0.529. The summed E-state index contributed by atoms with van der Waals surface area (Å²) in [6.07, 6.45) is 0.505. The van der Waals surface area contributed by atoms with Crippen molar-refractivity contribution in [3.63, 3.8) is 0 Å². The molecule has 2 atom stereocenters. The first-order chi connectivity index (χ1) is 12.9. The third-order valence-electron chi connectivity index (χ3n) is 4.58. The molecule has 0 N–H and O–H groups in total. The third-order valence-corrected chi connectivity index (χ3v) is 7.39. The van der Waals surface area contributed by atoms with Gasteiger partial charge in [-0.05, 0) is 36.3 Å². The fourth-order valence-electron chi connectivity index (χ4n) is 3.19. The molecule has 0 bridgehead atoms. The molecule has 1 aliphatic rings. The van der Waals surface area contributed by atoms with Gasteiger partial charge in [0, 0.05) is 12.6 Å². The molecular weight excluding hydrogens is 386 g/mol. The molecule has 0 aliphatic carbocycles. The van der Waals surface area contributed by atoms with Gasteiger partial charge in [-0.25, -0.2) is 13.1 Å². The number of amides is 1. The van der Waals surface area contributed by atoms with Crippen LogP contribution >= 0.6 is 11.8 Å². The molecule has 146 valence electrons. The summed E-state index contributed by atoms with van der Waals surface area (Å²) in [6, 6.07) is 9.59. The van der Waals surface area contributed by atoms with Crippen LogP contribution in [-0.4, -0.2) is 68.8 Å². The van der Waals surface area contributed by atoms with Crippen LogP contribution in [0.5, 0.6) is 0 Å². The molecule has 10 heteroatoms. The lowest BCUT2D eigenvalue weighted by atomic mass is 10.2. The second kappa shape index (κ2) is 8.39. The Morgan fingerprint density at radius 2 is 2.11 bits per heavy atom. The highest BCUT2D eigenvalue weighted by Crippen LogP contribution is 2.25. The first-order valence-corrected chi connectivity index (χ1v) is 11.6. The highest BCUT2D eigenvalue weighted by Gasteiger charge is 2.35. The van der Waals surface area contributed by atoms with Crippen molar-refractivity contribution in [2.45, 2.75) is 43.3 Å². The summed E-state index contributed by atoms with van der Waals surface area (Å²) in [5.74, 6) is 0.118. The van der Waals surface area contributed by atoms with E-state index in [1.807, 2.05) is 37.3 Å². The van der Waals surface area contributed by atoms with Crippen LogP contribution in [-0.2, 0) is 21.2 Å². The Kier molecular flexibility index (Phi) is 6.15. The molecule has 0 saturated carbocycles. The average molecular weight is 410 g/mol. The number of hydrogen-bond donors (Lipinski definition) is 0. The molecule has 1 saturated heterocycles. The summed E-state index contributed by atoms with van der Waals surface area (Å²) >= 11 is 1.29. The van der Waals surface area contributed by atoms with Crippen molar-refractivity contribution in [1.82, 2.24) is 25.1 Å². The number of nitrogens with zero attached hydrogens (tertiary/aromatic N) is 5.